The Hall–Kier alpha value is -2.58. The van der Waals surface area contributed by atoms with Crippen molar-refractivity contribution in [2.24, 2.45) is 0 Å². The summed E-state index contributed by atoms with van der Waals surface area (Å²) < 4.78 is 5.71. The van der Waals surface area contributed by atoms with Gasteiger partial charge in [-0.3, -0.25) is 4.79 Å². The summed E-state index contributed by atoms with van der Waals surface area (Å²) in [6, 6.07) is 20.2. The van der Waals surface area contributed by atoms with Crippen LogP contribution < -0.4 is 0 Å². The van der Waals surface area contributed by atoms with Gasteiger partial charge in [0.25, 0.3) is 0 Å². The zero-order valence-electron chi connectivity index (χ0n) is 11.7. The molecule has 3 heteroatoms. The molecule has 108 valence electrons. The number of carbonyl (C=O) groups is 1. The van der Waals surface area contributed by atoms with Crippen LogP contribution in [-0.2, 0) is 0 Å². The molecule has 1 heterocycles. The van der Waals surface area contributed by atoms with Gasteiger partial charge in [-0.15, -0.1) is 0 Å². The Morgan fingerprint density at radius 1 is 0.909 bits per heavy atom. The molecule has 0 fully saturated rings. The second kappa shape index (κ2) is 6.46. The van der Waals surface area contributed by atoms with Gasteiger partial charge < -0.3 is 4.42 Å². The number of hydrogen-bond acceptors (Lipinski definition) is 2. The zero-order chi connectivity index (χ0) is 15.4. The molecule has 0 spiro atoms. The Morgan fingerprint density at radius 3 is 2.36 bits per heavy atom. The van der Waals surface area contributed by atoms with Crippen LogP contribution in [0.5, 0.6) is 0 Å². The minimum Gasteiger partial charge on any atom is -0.457 e. The average Bonchev–Trinajstić information content (AvgIpc) is 3.03. The molecule has 0 aliphatic heterocycles. The van der Waals surface area contributed by atoms with E-state index in [0.29, 0.717) is 16.3 Å². The molecule has 0 aliphatic carbocycles. The normalized spacial score (nSPS) is 11.0. The van der Waals surface area contributed by atoms with Gasteiger partial charge in [0.05, 0.1) is 0 Å². The van der Waals surface area contributed by atoms with Crippen LogP contribution >= 0.6 is 11.6 Å². The molecular weight excluding hydrogens is 296 g/mol. The predicted octanol–water partition coefficient (Wildman–Crippen LogP) is 5.50. The van der Waals surface area contributed by atoms with Gasteiger partial charge in [-0.05, 0) is 48.6 Å². The van der Waals surface area contributed by atoms with Crippen LogP contribution in [0.1, 0.15) is 16.1 Å². The van der Waals surface area contributed by atoms with Crippen molar-refractivity contribution in [3.63, 3.8) is 0 Å². The summed E-state index contributed by atoms with van der Waals surface area (Å²) >= 11 is 5.87. The lowest BCUT2D eigenvalue weighted by Crippen LogP contribution is -1.92. The quantitative estimate of drug-likeness (QED) is 0.471. The van der Waals surface area contributed by atoms with E-state index in [1.807, 2.05) is 54.6 Å². The van der Waals surface area contributed by atoms with Crippen LogP contribution in [0.3, 0.4) is 0 Å². The van der Waals surface area contributed by atoms with Crippen LogP contribution in [0.25, 0.3) is 17.4 Å². The molecule has 0 N–H and O–H groups in total. The Balaban J connectivity index is 1.75. The topological polar surface area (TPSA) is 30.2 Å². The molecule has 2 aromatic carbocycles. The summed E-state index contributed by atoms with van der Waals surface area (Å²) in [6.07, 6.45) is 3.19. The van der Waals surface area contributed by atoms with Crippen LogP contribution in [-0.4, -0.2) is 5.78 Å². The molecule has 3 aromatic rings. The standard InChI is InChI=1S/C19H13ClO2/c20-16-8-6-15(7-9-16)19-13-11-17(22-19)10-12-18(21)14-4-2-1-3-5-14/h1-13H. The third-order valence-corrected chi connectivity index (χ3v) is 3.46. The van der Waals surface area contributed by atoms with E-state index in [9.17, 15) is 4.79 Å². The molecule has 0 unspecified atom stereocenters. The monoisotopic (exact) mass is 308 g/mol. The Kier molecular flexibility index (Phi) is 4.22. The zero-order valence-corrected chi connectivity index (χ0v) is 12.5. The van der Waals surface area contributed by atoms with Gasteiger partial charge in [0.15, 0.2) is 5.78 Å². The molecule has 0 radical (unpaired) electrons. The number of rotatable bonds is 4. The fourth-order valence-electron chi connectivity index (χ4n) is 2.07. The summed E-state index contributed by atoms with van der Waals surface area (Å²) in [4.78, 5) is 12.0. The number of halogens is 1. The Labute approximate surface area is 133 Å². The number of furan rings is 1. The highest BCUT2D eigenvalue weighted by molar-refractivity contribution is 6.30. The van der Waals surface area contributed by atoms with Crippen molar-refractivity contribution < 1.29 is 9.21 Å². The van der Waals surface area contributed by atoms with Crippen LogP contribution in [0.4, 0.5) is 0 Å². The van der Waals surface area contributed by atoms with E-state index in [1.165, 1.54) is 6.08 Å². The number of carbonyl (C=O) groups excluding carboxylic acids is 1. The van der Waals surface area contributed by atoms with E-state index < -0.39 is 0 Å². The van der Waals surface area contributed by atoms with E-state index >= 15 is 0 Å². The van der Waals surface area contributed by atoms with Crippen molar-refractivity contribution in [3.8, 4) is 11.3 Å². The number of benzene rings is 2. The van der Waals surface area contributed by atoms with Gasteiger partial charge in [0, 0.05) is 16.1 Å². The SMILES string of the molecule is O=C(C=Cc1ccc(-c2ccc(Cl)cc2)o1)c1ccccc1. The fraction of sp³-hybridized carbons (Fsp3) is 0. The molecule has 0 saturated carbocycles. The van der Waals surface area contributed by atoms with Gasteiger partial charge >= 0.3 is 0 Å². The number of hydrogen-bond donors (Lipinski definition) is 0. The Morgan fingerprint density at radius 2 is 1.64 bits per heavy atom. The summed E-state index contributed by atoms with van der Waals surface area (Å²) in [7, 11) is 0. The first kappa shape index (κ1) is 14.4. The largest absolute Gasteiger partial charge is 0.457 e. The van der Waals surface area contributed by atoms with Crippen LogP contribution in [0.15, 0.2) is 77.2 Å². The van der Waals surface area contributed by atoms with Gasteiger partial charge in [-0.2, -0.15) is 0 Å². The molecule has 1 aromatic heterocycles. The summed E-state index contributed by atoms with van der Waals surface area (Å²) in [5, 5.41) is 0.684. The smallest absolute Gasteiger partial charge is 0.185 e. The summed E-state index contributed by atoms with van der Waals surface area (Å²) in [5.41, 5.74) is 1.60. The molecular formula is C19H13ClO2. The lowest BCUT2D eigenvalue weighted by atomic mass is 10.1. The lowest BCUT2D eigenvalue weighted by Gasteiger charge is -1.96. The lowest BCUT2D eigenvalue weighted by molar-refractivity contribution is 0.104. The average molecular weight is 309 g/mol. The van der Waals surface area contributed by atoms with Gasteiger partial charge in [-0.1, -0.05) is 41.9 Å². The first-order chi connectivity index (χ1) is 10.7. The summed E-state index contributed by atoms with van der Waals surface area (Å²) in [5.74, 6) is 1.32. The van der Waals surface area contributed by atoms with Crippen LogP contribution in [0.2, 0.25) is 5.02 Å². The first-order valence-corrected chi connectivity index (χ1v) is 7.23. The molecule has 0 saturated heterocycles. The second-order valence-corrected chi connectivity index (χ2v) is 5.21. The molecule has 2 nitrogen and oxygen atoms in total. The fourth-order valence-corrected chi connectivity index (χ4v) is 2.19. The predicted molar refractivity (Wildman–Crippen MR) is 89.0 cm³/mol. The van der Waals surface area contributed by atoms with Crippen molar-refractivity contribution in [2.75, 3.05) is 0 Å². The third-order valence-electron chi connectivity index (χ3n) is 3.21. The highest BCUT2D eigenvalue weighted by Crippen LogP contribution is 2.24. The maximum atomic E-state index is 12.0. The molecule has 0 atom stereocenters. The van der Waals surface area contributed by atoms with E-state index in [-0.39, 0.29) is 5.78 Å². The molecule has 22 heavy (non-hydrogen) atoms. The van der Waals surface area contributed by atoms with Crippen molar-refractivity contribution in [1.29, 1.82) is 0 Å². The Bertz CT molecular complexity index is 799. The number of allylic oxidation sites excluding steroid dienone is 1. The maximum absolute atomic E-state index is 12.0. The highest BCUT2D eigenvalue weighted by atomic mass is 35.5. The minimum absolute atomic E-state index is 0.0509. The van der Waals surface area contributed by atoms with Crippen molar-refractivity contribution in [3.05, 3.63) is 89.2 Å². The molecule has 0 amide bonds. The van der Waals surface area contributed by atoms with Crippen molar-refractivity contribution in [1.82, 2.24) is 0 Å². The third kappa shape index (κ3) is 3.35. The first-order valence-electron chi connectivity index (χ1n) is 6.85. The van der Waals surface area contributed by atoms with E-state index in [0.717, 1.165) is 11.3 Å². The summed E-state index contributed by atoms with van der Waals surface area (Å²) in [6.45, 7) is 0. The van der Waals surface area contributed by atoms with Gasteiger partial charge in [0.2, 0.25) is 0 Å². The van der Waals surface area contributed by atoms with E-state index in [4.69, 9.17) is 16.0 Å². The number of ketones is 1. The van der Waals surface area contributed by atoms with Gasteiger partial charge in [-0.25, -0.2) is 0 Å². The van der Waals surface area contributed by atoms with Crippen molar-refractivity contribution in [2.45, 2.75) is 0 Å². The van der Waals surface area contributed by atoms with Crippen LogP contribution in [0, 0.1) is 0 Å². The molecule has 3 rings (SSSR count). The second-order valence-electron chi connectivity index (χ2n) is 4.77. The highest BCUT2D eigenvalue weighted by Gasteiger charge is 2.04. The minimum atomic E-state index is -0.0509. The van der Waals surface area contributed by atoms with Gasteiger partial charge in [0.1, 0.15) is 11.5 Å². The molecule has 0 aliphatic rings. The van der Waals surface area contributed by atoms with E-state index in [2.05, 4.69) is 0 Å². The molecule has 0 bridgehead atoms. The maximum Gasteiger partial charge on any atom is 0.185 e. The van der Waals surface area contributed by atoms with Crippen molar-refractivity contribution >= 4 is 23.5 Å². The van der Waals surface area contributed by atoms with E-state index in [1.54, 1.807) is 18.2 Å².